The van der Waals surface area contributed by atoms with Crippen LogP contribution >= 0.6 is 0 Å². The van der Waals surface area contributed by atoms with Crippen molar-refractivity contribution in [2.75, 3.05) is 20.3 Å². The molecule has 5 nitrogen and oxygen atoms in total. The highest BCUT2D eigenvalue weighted by Crippen LogP contribution is 2.64. The molecule has 5 heteroatoms. The van der Waals surface area contributed by atoms with Crippen molar-refractivity contribution >= 4 is 0 Å². The fourth-order valence-electron chi connectivity index (χ4n) is 5.71. The molecule has 0 radical (unpaired) electrons. The van der Waals surface area contributed by atoms with Gasteiger partial charge in [-0.25, -0.2) is 0 Å². The van der Waals surface area contributed by atoms with E-state index in [0.717, 1.165) is 12.8 Å². The summed E-state index contributed by atoms with van der Waals surface area (Å²) in [4.78, 5) is 0. The summed E-state index contributed by atoms with van der Waals surface area (Å²) in [6.07, 6.45) is 9.31. The molecule has 0 amide bonds. The van der Waals surface area contributed by atoms with E-state index < -0.39 is 23.1 Å². The van der Waals surface area contributed by atoms with E-state index in [-0.39, 0.29) is 11.8 Å². The first-order valence-electron chi connectivity index (χ1n) is 10.4. The van der Waals surface area contributed by atoms with E-state index in [1.54, 1.807) is 13.2 Å². The van der Waals surface area contributed by atoms with Gasteiger partial charge in [-0.15, -0.1) is 6.58 Å². The monoisotopic (exact) mass is 368 g/mol. The van der Waals surface area contributed by atoms with Crippen molar-refractivity contribution in [3.05, 3.63) is 12.7 Å². The molecule has 3 rings (SSSR count). The first kappa shape index (κ1) is 20.3. The Morgan fingerprint density at radius 3 is 2.54 bits per heavy atom. The van der Waals surface area contributed by atoms with E-state index in [0.29, 0.717) is 38.9 Å². The van der Waals surface area contributed by atoms with Gasteiger partial charge in [0.25, 0.3) is 0 Å². The van der Waals surface area contributed by atoms with E-state index in [2.05, 4.69) is 13.5 Å². The van der Waals surface area contributed by atoms with E-state index in [4.69, 9.17) is 14.2 Å². The lowest BCUT2D eigenvalue weighted by molar-refractivity contribution is -0.393. The zero-order chi connectivity index (χ0) is 18.8. The molecule has 0 unspecified atom stereocenters. The van der Waals surface area contributed by atoms with Crippen molar-refractivity contribution in [3.8, 4) is 0 Å². The van der Waals surface area contributed by atoms with Gasteiger partial charge in [-0.3, -0.25) is 0 Å². The third kappa shape index (κ3) is 3.06. The van der Waals surface area contributed by atoms with Crippen molar-refractivity contribution in [1.29, 1.82) is 0 Å². The van der Waals surface area contributed by atoms with Gasteiger partial charge in [0.15, 0.2) is 5.79 Å². The minimum absolute atomic E-state index is 0.00740. The van der Waals surface area contributed by atoms with Gasteiger partial charge in [-0.2, -0.15) is 0 Å². The van der Waals surface area contributed by atoms with Crippen molar-refractivity contribution < 1.29 is 24.4 Å². The van der Waals surface area contributed by atoms with Gasteiger partial charge in [0.2, 0.25) is 0 Å². The largest absolute Gasteiger partial charge is 0.393 e. The van der Waals surface area contributed by atoms with Crippen LogP contribution in [-0.2, 0) is 14.2 Å². The number of hydrogen-bond acceptors (Lipinski definition) is 5. The van der Waals surface area contributed by atoms with Gasteiger partial charge in [0, 0.05) is 25.4 Å². The average Bonchev–Trinajstić information content (AvgIpc) is 3.13. The Morgan fingerprint density at radius 2 is 1.92 bits per heavy atom. The zero-order valence-corrected chi connectivity index (χ0v) is 16.4. The number of unbranched alkanes of at least 4 members (excludes halogenated alkanes) is 4. The predicted molar refractivity (Wildman–Crippen MR) is 99.7 cm³/mol. The molecule has 1 aliphatic heterocycles. The van der Waals surface area contributed by atoms with E-state index >= 15 is 0 Å². The molecule has 3 fully saturated rings. The normalized spacial score (nSPS) is 37.8. The smallest absolute Gasteiger partial charge is 0.198 e. The molecule has 1 heterocycles. The van der Waals surface area contributed by atoms with Crippen LogP contribution in [0.4, 0.5) is 0 Å². The summed E-state index contributed by atoms with van der Waals surface area (Å²) in [6, 6.07) is 0. The van der Waals surface area contributed by atoms with Gasteiger partial charge in [-0.1, -0.05) is 45.1 Å². The fraction of sp³-hybridized carbons (Fsp3) is 0.905. The zero-order valence-electron chi connectivity index (χ0n) is 16.4. The molecule has 1 saturated heterocycles. The summed E-state index contributed by atoms with van der Waals surface area (Å²) in [7, 11) is 1.70. The van der Waals surface area contributed by atoms with Crippen LogP contribution in [0.2, 0.25) is 0 Å². The third-order valence-corrected chi connectivity index (χ3v) is 7.12. The van der Waals surface area contributed by atoms with Crippen molar-refractivity contribution in [3.63, 3.8) is 0 Å². The van der Waals surface area contributed by atoms with Crippen molar-refractivity contribution in [1.82, 2.24) is 0 Å². The molecular formula is C21H36O5. The lowest BCUT2D eigenvalue weighted by Gasteiger charge is -2.66. The first-order chi connectivity index (χ1) is 12.5. The maximum Gasteiger partial charge on any atom is 0.198 e. The Morgan fingerprint density at radius 1 is 1.23 bits per heavy atom. The molecule has 2 N–H and O–H groups in total. The second-order valence-corrected chi connectivity index (χ2v) is 8.35. The minimum Gasteiger partial charge on any atom is -0.393 e. The Balaban J connectivity index is 1.75. The lowest BCUT2D eigenvalue weighted by atomic mass is 9.49. The molecule has 26 heavy (non-hydrogen) atoms. The standard InChI is InChI=1S/C21H36O5/c1-4-6-7-8-9-11-19(23,5-2)18-16-15-21(25-13-14-26-21)20(16,24-3)12-10-17(18)22/h5,16-18,22-23H,2,4,6-15H2,1,3H3/t16-,17-,18-,19+,20-/m0/s1. The summed E-state index contributed by atoms with van der Waals surface area (Å²) in [5.74, 6) is -0.986. The van der Waals surface area contributed by atoms with Crippen LogP contribution in [0, 0.1) is 11.8 Å². The highest BCUT2D eigenvalue weighted by Gasteiger charge is 2.75. The van der Waals surface area contributed by atoms with Crippen molar-refractivity contribution in [2.24, 2.45) is 11.8 Å². The summed E-state index contributed by atoms with van der Waals surface area (Å²) in [6.45, 7) is 7.27. The van der Waals surface area contributed by atoms with Crippen molar-refractivity contribution in [2.45, 2.75) is 87.8 Å². The molecule has 1 spiro atoms. The lowest BCUT2D eigenvalue weighted by Crippen LogP contribution is -2.77. The Hall–Kier alpha value is -0.460. The first-order valence-corrected chi connectivity index (χ1v) is 10.4. The summed E-state index contributed by atoms with van der Waals surface area (Å²) < 4.78 is 17.9. The Bertz CT molecular complexity index is 489. The topological polar surface area (TPSA) is 68.2 Å². The Kier molecular flexibility index (Phi) is 6.15. The Labute approximate surface area is 157 Å². The van der Waals surface area contributed by atoms with Crippen LogP contribution in [0.15, 0.2) is 12.7 Å². The van der Waals surface area contributed by atoms with E-state index in [9.17, 15) is 10.2 Å². The molecule has 150 valence electrons. The van der Waals surface area contributed by atoms with Crippen LogP contribution in [0.3, 0.4) is 0 Å². The highest BCUT2D eigenvalue weighted by molar-refractivity contribution is 5.22. The minimum atomic E-state index is -1.08. The molecule has 0 aromatic heterocycles. The summed E-state index contributed by atoms with van der Waals surface area (Å²) in [5.41, 5.74) is -1.66. The van der Waals surface area contributed by atoms with Crippen LogP contribution in [0.25, 0.3) is 0 Å². The average molecular weight is 369 g/mol. The number of fused-ring (bicyclic) bond motifs is 2. The SMILES string of the molecule is C=C[C@@](O)(CCCCCCC)[C@@H]1[C@@H](O)CC[C@]2(OC)[C@H]1CC21OCCO1. The number of rotatable bonds is 9. The number of methoxy groups -OCH3 is 1. The third-order valence-electron chi connectivity index (χ3n) is 7.12. The molecule has 0 bridgehead atoms. The van der Waals surface area contributed by atoms with Gasteiger partial charge < -0.3 is 24.4 Å². The number of aliphatic hydroxyl groups excluding tert-OH is 1. The molecule has 2 saturated carbocycles. The number of ether oxygens (including phenoxy) is 3. The molecule has 0 aromatic carbocycles. The molecule has 5 atom stereocenters. The maximum absolute atomic E-state index is 11.4. The molecule has 2 aliphatic carbocycles. The summed E-state index contributed by atoms with van der Waals surface area (Å²) >= 11 is 0. The summed E-state index contributed by atoms with van der Waals surface area (Å²) in [5, 5.41) is 22.2. The maximum atomic E-state index is 11.4. The quantitative estimate of drug-likeness (QED) is 0.483. The molecule has 0 aromatic rings. The van der Waals surface area contributed by atoms with Crippen LogP contribution < -0.4 is 0 Å². The predicted octanol–water partition coefficient (Wildman–Crippen LogP) is 3.18. The second kappa shape index (κ2) is 7.88. The van der Waals surface area contributed by atoms with Crippen LogP contribution in [0.5, 0.6) is 0 Å². The van der Waals surface area contributed by atoms with Crippen LogP contribution in [0.1, 0.15) is 64.7 Å². The van der Waals surface area contributed by atoms with Crippen LogP contribution in [-0.4, -0.2) is 53.6 Å². The van der Waals surface area contributed by atoms with Gasteiger partial charge in [0.05, 0.1) is 24.9 Å². The number of aliphatic hydroxyl groups is 2. The second-order valence-electron chi connectivity index (χ2n) is 8.35. The van der Waals surface area contributed by atoms with Gasteiger partial charge >= 0.3 is 0 Å². The van der Waals surface area contributed by atoms with E-state index in [1.807, 2.05) is 0 Å². The highest BCUT2D eigenvalue weighted by atomic mass is 16.8. The molecular weight excluding hydrogens is 332 g/mol. The number of hydrogen-bond donors (Lipinski definition) is 2. The fourth-order valence-corrected chi connectivity index (χ4v) is 5.71. The van der Waals surface area contributed by atoms with Gasteiger partial charge in [0.1, 0.15) is 5.60 Å². The molecule has 3 aliphatic rings. The van der Waals surface area contributed by atoms with E-state index in [1.165, 1.54) is 19.3 Å². The van der Waals surface area contributed by atoms with Gasteiger partial charge in [-0.05, 0) is 19.3 Å².